The summed E-state index contributed by atoms with van der Waals surface area (Å²) in [6.07, 6.45) is 11.0. The fraction of sp³-hybridized carbons (Fsp3) is 0.538. The molecule has 0 spiro atoms. The maximum absolute atomic E-state index is 11.2. The summed E-state index contributed by atoms with van der Waals surface area (Å²) in [7, 11) is 0. The minimum Gasteiger partial charge on any atom is -0.461 e. The average Bonchev–Trinajstić information content (AvgIpc) is 3.19. The molecule has 0 radical (unpaired) electrons. The third-order valence-electron chi connectivity index (χ3n) is 2.26. The van der Waals surface area contributed by atoms with Gasteiger partial charge in [-0.3, -0.25) is 9.59 Å². The summed E-state index contributed by atoms with van der Waals surface area (Å²) in [6.45, 7) is -0.0857. The van der Waals surface area contributed by atoms with E-state index in [4.69, 9.17) is 22.3 Å². The Morgan fingerprint density at radius 2 is 1.37 bits per heavy atom. The molecule has 0 aromatic rings. The maximum atomic E-state index is 11.2. The SMILES string of the molecule is C#CCCC(=O)OCC1(COC(=O)CCC#C)N=N1. The van der Waals surface area contributed by atoms with Gasteiger partial charge in [0.15, 0.2) is 0 Å². The van der Waals surface area contributed by atoms with E-state index >= 15 is 0 Å². The van der Waals surface area contributed by atoms with Gasteiger partial charge in [0.05, 0.1) is 12.8 Å². The largest absolute Gasteiger partial charge is 0.461 e. The van der Waals surface area contributed by atoms with Crippen molar-refractivity contribution in [2.75, 3.05) is 13.2 Å². The van der Waals surface area contributed by atoms with E-state index in [2.05, 4.69) is 22.1 Å². The van der Waals surface area contributed by atoms with Crippen molar-refractivity contribution in [3.63, 3.8) is 0 Å². The smallest absolute Gasteiger partial charge is 0.306 e. The van der Waals surface area contributed by atoms with E-state index in [1.165, 1.54) is 0 Å². The molecule has 6 heteroatoms. The highest BCUT2D eigenvalue weighted by Crippen LogP contribution is 2.28. The molecule has 100 valence electrons. The van der Waals surface area contributed by atoms with Crippen LogP contribution in [0.3, 0.4) is 0 Å². The molecule has 1 heterocycles. The van der Waals surface area contributed by atoms with Crippen molar-refractivity contribution in [3.05, 3.63) is 0 Å². The molecule has 0 aromatic heterocycles. The molecule has 1 rings (SSSR count). The van der Waals surface area contributed by atoms with Crippen molar-refractivity contribution in [3.8, 4) is 24.7 Å². The van der Waals surface area contributed by atoms with Crippen LogP contribution < -0.4 is 0 Å². The van der Waals surface area contributed by atoms with Crippen LogP contribution in [0.5, 0.6) is 0 Å². The topological polar surface area (TPSA) is 77.3 Å². The molecular weight excluding hydrogens is 248 g/mol. The summed E-state index contributed by atoms with van der Waals surface area (Å²) in [5, 5.41) is 7.46. The molecular formula is C13H14N2O4. The van der Waals surface area contributed by atoms with Crippen molar-refractivity contribution >= 4 is 11.9 Å². The van der Waals surface area contributed by atoms with E-state index in [9.17, 15) is 9.59 Å². The van der Waals surface area contributed by atoms with Crippen LogP contribution in [0, 0.1) is 24.7 Å². The lowest BCUT2D eigenvalue weighted by Gasteiger charge is -2.11. The van der Waals surface area contributed by atoms with Crippen LogP contribution in [0.25, 0.3) is 0 Å². The average molecular weight is 262 g/mol. The molecule has 1 aliphatic heterocycles. The maximum Gasteiger partial charge on any atom is 0.306 e. The van der Waals surface area contributed by atoms with Crippen LogP contribution in [0.15, 0.2) is 10.2 Å². The number of nitrogens with zero attached hydrogens (tertiary/aromatic N) is 2. The summed E-state index contributed by atoms with van der Waals surface area (Å²) in [6, 6.07) is 0. The first kappa shape index (κ1) is 14.7. The Morgan fingerprint density at radius 1 is 0.947 bits per heavy atom. The van der Waals surface area contributed by atoms with Crippen LogP contribution in [-0.4, -0.2) is 30.8 Å². The van der Waals surface area contributed by atoms with Crippen molar-refractivity contribution < 1.29 is 19.1 Å². The second-order valence-corrected chi connectivity index (χ2v) is 3.91. The third kappa shape index (κ3) is 5.69. The van der Waals surface area contributed by atoms with Crippen molar-refractivity contribution in [1.82, 2.24) is 0 Å². The lowest BCUT2D eigenvalue weighted by atomic mass is 10.2. The predicted molar refractivity (Wildman–Crippen MR) is 65.6 cm³/mol. The molecule has 0 fully saturated rings. The van der Waals surface area contributed by atoms with Crippen LogP contribution in [0.2, 0.25) is 0 Å². The Balaban J connectivity index is 2.19. The fourth-order valence-corrected chi connectivity index (χ4v) is 1.11. The number of hydrogen-bond acceptors (Lipinski definition) is 6. The van der Waals surface area contributed by atoms with Gasteiger partial charge in [-0.15, -0.1) is 24.7 Å². The Kier molecular flexibility index (Phi) is 5.56. The number of ether oxygens (including phenoxy) is 2. The molecule has 19 heavy (non-hydrogen) atoms. The number of terminal acetylenes is 2. The van der Waals surface area contributed by atoms with E-state index < -0.39 is 17.6 Å². The van der Waals surface area contributed by atoms with Gasteiger partial charge in [0, 0.05) is 12.8 Å². The summed E-state index contributed by atoms with van der Waals surface area (Å²) < 4.78 is 9.88. The van der Waals surface area contributed by atoms with Gasteiger partial charge in [-0.2, -0.15) is 10.2 Å². The van der Waals surface area contributed by atoms with E-state index in [0.717, 1.165) is 0 Å². The quantitative estimate of drug-likeness (QED) is 0.484. The van der Waals surface area contributed by atoms with Crippen LogP contribution in [-0.2, 0) is 19.1 Å². The highest BCUT2D eigenvalue weighted by atomic mass is 16.6. The van der Waals surface area contributed by atoms with Gasteiger partial charge in [0.1, 0.15) is 13.2 Å². The van der Waals surface area contributed by atoms with Crippen LogP contribution in [0.1, 0.15) is 25.7 Å². The van der Waals surface area contributed by atoms with Gasteiger partial charge in [0.2, 0.25) is 0 Å². The molecule has 6 nitrogen and oxygen atoms in total. The second kappa shape index (κ2) is 7.17. The Labute approximate surface area is 111 Å². The van der Waals surface area contributed by atoms with Gasteiger partial charge in [-0.05, 0) is 0 Å². The van der Waals surface area contributed by atoms with Crippen molar-refractivity contribution in [2.24, 2.45) is 10.2 Å². The standard InChI is InChI=1S/C13H14N2O4/c1-3-5-7-11(16)18-9-13(14-15-13)10-19-12(17)8-6-4-2/h1-2H,5-10H2. The monoisotopic (exact) mass is 262 g/mol. The lowest BCUT2D eigenvalue weighted by molar-refractivity contribution is -0.148. The molecule has 0 saturated heterocycles. The highest BCUT2D eigenvalue weighted by molar-refractivity contribution is 5.70. The van der Waals surface area contributed by atoms with Gasteiger partial charge in [-0.1, -0.05) is 0 Å². The zero-order chi connectivity index (χ0) is 14.1. The van der Waals surface area contributed by atoms with Crippen molar-refractivity contribution in [1.29, 1.82) is 0 Å². The lowest BCUT2D eigenvalue weighted by Crippen LogP contribution is -2.28. The zero-order valence-electron chi connectivity index (χ0n) is 10.4. The Morgan fingerprint density at radius 3 is 1.68 bits per heavy atom. The first-order valence-corrected chi connectivity index (χ1v) is 5.74. The molecule has 1 aliphatic rings. The minimum absolute atomic E-state index is 0.0428. The van der Waals surface area contributed by atoms with Crippen LogP contribution in [0.4, 0.5) is 0 Å². The second-order valence-electron chi connectivity index (χ2n) is 3.91. The molecule has 0 N–H and O–H groups in total. The Bertz CT molecular complexity index is 414. The molecule has 0 amide bonds. The summed E-state index contributed by atoms with van der Waals surface area (Å²) >= 11 is 0. The minimum atomic E-state index is -0.933. The number of rotatable bonds is 8. The first-order chi connectivity index (χ1) is 9.12. The predicted octanol–water partition coefficient (Wildman–Crippen LogP) is 1.06. The number of carbonyl (C=O) groups is 2. The fourth-order valence-electron chi connectivity index (χ4n) is 1.11. The van der Waals surface area contributed by atoms with Gasteiger partial charge >= 0.3 is 11.9 Å². The first-order valence-electron chi connectivity index (χ1n) is 5.74. The molecule has 0 aliphatic carbocycles. The van der Waals surface area contributed by atoms with Crippen LogP contribution >= 0.6 is 0 Å². The van der Waals surface area contributed by atoms with Gasteiger partial charge in [-0.25, -0.2) is 0 Å². The highest BCUT2D eigenvalue weighted by Gasteiger charge is 2.43. The van der Waals surface area contributed by atoms with E-state index in [1.54, 1.807) is 0 Å². The van der Waals surface area contributed by atoms with E-state index in [0.29, 0.717) is 12.8 Å². The molecule has 0 atom stereocenters. The number of carbonyl (C=O) groups excluding carboxylic acids is 2. The van der Waals surface area contributed by atoms with Crippen molar-refractivity contribution in [2.45, 2.75) is 31.3 Å². The summed E-state index contributed by atoms with van der Waals surface area (Å²) in [4.78, 5) is 22.4. The molecule has 0 unspecified atom stereocenters. The zero-order valence-corrected chi connectivity index (χ0v) is 10.4. The molecule has 0 bridgehead atoms. The summed E-state index contributed by atoms with van der Waals surface area (Å²) in [5.41, 5.74) is -0.933. The van der Waals surface area contributed by atoms with Gasteiger partial charge < -0.3 is 9.47 Å². The normalized spacial score (nSPS) is 14.0. The number of esters is 2. The van der Waals surface area contributed by atoms with E-state index in [1.807, 2.05) is 0 Å². The third-order valence-corrected chi connectivity index (χ3v) is 2.26. The Hall–Kier alpha value is -2.34. The molecule has 0 saturated carbocycles. The van der Waals surface area contributed by atoms with E-state index in [-0.39, 0.29) is 26.1 Å². The van der Waals surface area contributed by atoms with Gasteiger partial charge in [0.25, 0.3) is 5.66 Å². The number of hydrogen-bond donors (Lipinski definition) is 0. The summed E-state index contributed by atoms with van der Waals surface area (Å²) in [5.74, 6) is 3.83. The molecule has 0 aromatic carbocycles.